The first-order valence-electron chi connectivity index (χ1n) is 5.78. The Morgan fingerprint density at radius 1 is 1.10 bits per heavy atom. The summed E-state index contributed by atoms with van der Waals surface area (Å²) in [5.74, 6) is 0.327. The van der Waals surface area contributed by atoms with Crippen molar-refractivity contribution in [3.05, 3.63) is 59.3 Å². The van der Waals surface area contributed by atoms with Gasteiger partial charge in [0.2, 0.25) is 5.88 Å². The minimum atomic E-state index is -4.39. The molecular formula is C14H12F3NO2. The predicted octanol–water partition coefficient (Wildman–Crippen LogP) is 3.19. The molecule has 106 valence electrons. The zero-order valence-corrected chi connectivity index (χ0v) is 10.6. The maximum Gasteiger partial charge on any atom is 0.416 e. The van der Waals surface area contributed by atoms with E-state index in [9.17, 15) is 18.3 Å². The average Bonchev–Trinajstić information content (AvgIpc) is 2.46. The third-order valence-electron chi connectivity index (χ3n) is 2.79. The lowest BCUT2D eigenvalue weighted by Crippen LogP contribution is -2.07. The van der Waals surface area contributed by atoms with Gasteiger partial charge in [0.05, 0.1) is 18.4 Å². The number of aliphatic hydroxyl groups excluding tert-OH is 1. The van der Waals surface area contributed by atoms with Crippen molar-refractivity contribution in [2.75, 3.05) is 7.11 Å². The third kappa shape index (κ3) is 3.08. The van der Waals surface area contributed by atoms with Crippen LogP contribution < -0.4 is 4.74 Å². The molecule has 0 saturated heterocycles. The van der Waals surface area contributed by atoms with Crippen molar-refractivity contribution in [2.45, 2.75) is 12.3 Å². The highest BCUT2D eigenvalue weighted by Gasteiger charge is 2.30. The molecule has 0 aliphatic carbocycles. The van der Waals surface area contributed by atoms with Crippen LogP contribution >= 0.6 is 0 Å². The molecule has 0 amide bonds. The van der Waals surface area contributed by atoms with Crippen molar-refractivity contribution >= 4 is 0 Å². The molecular weight excluding hydrogens is 271 g/mol. The van der Waals surface area contributed by atoms with Crippen LogP contribution in [0.1, 0.15) is 22.9 Å². The number of alkyl halides is 3. The minimum Gasteiger partial charge on any atom is -0.481 e. The van der Waals surface area contributed by atoms with Gasteiger partial charge in [-0.25, -0.2) is 4.98 Å². The van der Waals surface area contributed by atoms with Crippen LogP contribution in [0.25, 0.3) is 0 Å². The lowest BCUT2D eigenvalue weighted by Gasteiger charge is -2.13. The van der Waals surface area contributed by atoms with Crippen molar-refractivity contribution in [2.24, 2.45) is 0 Å². The smallest absolute Gasteiger partial charge is 0.416 e. The molecule has 2 rings (SSSR count). The normalized spacial score (nSPS) is 13.1. The summed E-state index contributed by atoms with van der Waals surface area (Å²) in [5.41, 5.74) is -0.116. The lowest BCUT2D eigenvalue weighted by molar-refractivity contribution is -0.137. The molecule has 1 atom stereocenters. The summed E-state index contributed by atoms with van der Waals surface area (Å²) in [5, 5.41) is 10.1. The van der Waals surface area contributed by atoms with E-state index in [1.54, 1.807) is 18.2 Å². The number of halogens is 3. The zero-order valence-electron chi connectivity index (χ0n) is 10.6. The van der Waals surface area contributed by atoms with E-state index in [0.29, 0.717) is 17.1 Å². The SMILES string of the molecule is COc1cccc(C(O)c2ccc(C(F)(F)F)cc2)n1. The lowest BCUT2D eigenvalue weighted by atomic mass is 10.0. The molecule has 6 heteroatoms. The van der Waals surface area contributed by atoms with Gasteiger partial charge in [0, 0.05) is 6.07 Å². The van der Waals surface area contributed by atoms with Crippen molar-refractivity contribution in [1.29, 1.82) is 0 Å². The number of ether oxygens (including phenoxy) is 1. The number of aliphatic hydroxyl groups is 1. The Morgan fingerprint density at radius 2 is 1.75 bits per heavy atom. The third-order valence-corrected chi connectivity index (χ3v) is 2.79. The van der Waals surface area contributed by atoms with Crippen molar-refractivity contribution < 1.29 is 23.0 Å². The Kier molecular flexibility index (Phi) is 3.94. The molecule has 1 aromatic carbocycles. The van der Waals surface area contributed by atoms with Gasteiger partial charge in [0.15, 0.2) is 0 Å². The van der Waals surface area contributed by atoms with Gasteiger partial charge in [-0.2, -0.15) is 13.2 Å². The molecule has 20 heavy (non-hydrogen) atoms. The molecule has 0 saturated carbocycles. The molecule has 0 fully saturated rings. The molecule has 1 aromatic heterocycles. The number of benzene rings is 1. The van der Waals surface area contributed by atoms with Crippen molar-refractivity contribution in [3.8, 4) is 5.88 Å². The number of methoxy groups -OCH3 is 1. The summed E-state index contributed by atoms with van der Waals surface area (Å²) in [6, 6.07) is 9.16. The molecule has 3 nitrogen and oxygen atoms in total. The van der Waals surface area contributed by atoms with Crippen LogP contribution in [0.15, 0.2) is 42.5 Å². The largest absolute Gasteiger partial charge is 0.481 e. The molecule has 1 unspecified atom stereocenters. The highest BCUT2D eigenvalue weighted by atomic mass is 19.4. The minimum absolute atomic E-state index is 0.309. The van der Waals surface area contributed by atoms with Crippen molar-refractivity contribution in [1.82, 2.24) is 4.98 Å². The van der Waals surface area contributed by atoms with Gasteiger partial charge in [-0.15, -0.1) is 0 Å². The number of rotatable bonds is 3. The van der Waals surface area contributed by atoms with Crippen molar-refractivity contribution in [3.63, 3.8) is 0 Å². The molecule has 0 bridgehead atoms. The van der Waals surface area contributed by atoms with E-state index < -0.39 is 17.8 Å². The van der Waals surface area contributed by atoms with Gasteiger partial charge in [-0.1, -0.05) is 18.2 Å². The van der Waals surface area contributed by atoms with E-state index in [2.05, 4.69) is 4.98 Å². The van der Waals surface area contributed by atoms with E-state index >= 15 is 0 Å². The fourth-order valence-corrected chi connectivity index (χ4v) is 1.72. The van der Waals surface area contributed by atoms with Gasteiger partial charge in [0.1, 0.15) is 6.10 Å². The van der Waals surface area contributed by atoms with E-state index in [-0.39, 0.29) is 0 Å². The van der Waals surface area contributed by atoms with E-state index in [4.69, 9.17) is 4.74 Å². The summed E-state index contributed by atoms with van der Waals surface area (Å²) in [4.78, 5) is 4.04. The standard InChI is InChI=1S/C14H12F3NO2/c1-20-12-4-2-3-11(18-12)13(19)9-5-7-10(8-6-9)14(15,16)17/h2-8,13,19H,1H3. The number of nitrogens with zero attached hydrogens (tertiary/aromatic N) is 1. The number of aromatic nitrogens is 1. The Bertz CT molecular complexity index is 582. The fourth-order valence-electron chi connectivity index (χ4n) is 1.72. The van der Waals surface area contributed by atoms with Crippen LogP contribution in [0.2, 0.25) is 0 Å². The van der Waals surface area contributed by atoms with Gasteiger partial charge >= 0.3 is 6.18 Å². The first kappa shape index (κ1) is 14.3. The Hall–Kier alpha value is -2.08. The van der Waals surface area contributed by atoms with Crippen LogP contribution in [-0.2, 0) is 6.18 Å². The van der Waals surface area contributed by atoms with E-state index in [1.165, 1.54) is 19.2 Å². The van der Waals surface area contributed by atoms with Crippen LogP contribution in [0, 0.1) is 0 Å². The first-order valence-corrected chi connectivity index (χ1v) is 5.78. The van der Waals surface area contributed by atoms with E-state index in [0.717, 1.165) is 12.1 Å². The maximum absolute atomic E-state index is 12.5. The van der Waals surface area contributed by atoms with Crippen LogP contribution in [0.3, 0.4) is 0 Å². The number of pyridine rings is 1. The van der Waals surface area contributed by atoms with Crippen LogP contribution in [0.4, 0.5) is 13.2 Å². The number of hydrogen-bond acceptors (Lipinski definition) is 3. The zero-order chi connectivity index (χ0) is 14.8. The monoisotopic (exact) mass is 283 g/mol. The fraction of sp³-hybridized carbons (Fsp3) is 0.214. The quantitative estimate of drug-likeness (QED) is 0.940. The van der Waals surface area contributed by atoms with Gasteiger partial charge in [0.25, 0.3) is 0 Å². The second kappa shape index (κ2) is 5.50. The van der Waals surface area contributed by atoms with E-state index in [1.807, 2.05) is 0 Å². The first-order chi connectivity index (χ1) is 9.41. The highest BCUT2D eigenvalue weighted by Crippen LogP contribution is 2.30. The molecule has 1 heterocycles. The predicted molar refractivity (Wildman–Crippen MR) is 66.3 cm³/mol. The average molecular weight is 283 g/mol. The highest BCUT2D eigenvalue weighted by molar-refractivity contribution is 5.31. The summed E-state index contributed by atoms with van der Waals surface area (Å²) >= 11 is 0. The van der Waals surface area contributed by atoms with Gasteiger partial charge in [-0.05, 0) is 23.8 Å². The molecule has 0 aliphatic rings. The Labute approximate surface area is 113 Å². The molecule has 0 aliphatic heterocycles. The van der Waals surface area contributed by atoms with Gasteiger partial charge < -0.3 is 9.84 Å². The molecule has 1 N–H and O–H groups in total. The van der Waals surface area contributed by atoms with Gasteiger partial charge in [-0.3, -0.25) is 0 Å². The van der Waals surface area contributed by atoms with Crippen LogP contribution in [0.5, 0.6) is 5.88 Å². The summed E-state index contributed by atoms with van der Waals surface area (Å²) in [7, 11) is 1.44. The second-order valence-electron chi connectivity index (χ2n) is 4.13. The second-order valence-corrected chi connectivity index (χ2v) is 4.13. The molecule has 2 aromatic rings. The number of hydrogen-bond donors (Lipinski definition) is 1. The summed E-state index contributed by atoms with van der Waals surface area (Å²) < 4.78 is 42.3. The molecule has 0 radical (unpaired) electrons. The summed E-state index contributed by atoms with van der Waals surface area (Å²) in [6.07, 6.45) is -5.50. The Balaban J connectivity index is 2.26. The molecule has 0 spiro atoms. The maximum atomic E-state index is 12.5. The Morgan fingerprint density at radius 3 is 2.30 bits per heavy atom. The van der Waals surface area contributed by atoms with Crippen LogP contribution in [-0.4, -0.2) is 17.2 Å². The topological polar surface area (TPSA) is 42.4 Å². The summed E-state index contributed by atoms with van der Waals surface area (Å²) in [6.45, 7) is 0.